The first-order chi connectivity index (χ1) is 16.1. The Balaban J connectivity index is 1.44. The third-order valence-electron chi connectivity index (χ3n) is 7.04. The van der Waals surface area contributed by atoms with Crippen LogP contribution < -0.4 is 19.9 Å². The van der Waals surface area contributed by atoms with Crippen molar-refractivity contribution in [1.82, 2.24) is 5.32 Å². The fourth-order valence-corrected chi connectivity index (χ4v) is 5.22. The average molecular weight is 442 g/mol. The van der Waals surface area contributed by atoms with Gasteiger partial charge in [-0.15, -0.1) is 0 Å². The third-order valence-corrected chi connectivity index (χ3v) is 7.04. The molecule has 3 atom stereocenters. The molecule has 1 fully saturated rings. The number of nitrogens with one attached hydrogen (secondary N) is 1. The number of rotatable bonds is 5. The molecule has 5 rings (SSSR count). The van der Waals surface area contributed by atoms with Crippen molar-refractivity contribution >= 4 is 17.3 Å². The number of carbonyl (C=O) groups excluding carboxylic acids is 1. The number of benzene rings is 3. The van der Waals surface area contributed by atoms with Crippen molar-refractivity contribution in [3.63, 3.8) is 0 Å². The van der Waals surface area contributed by atoms with Gasteiger partial charge in [0.2, 0.25) is 5.91 Å². The number of anilines is 2. The minimum absolute atomic E-state index is 0.0294. The summed E-state index contributed by atoms with van der Waals surface area (Å²) in [5.74, 6) is 0.861. The Morgan fingerprint density at radius 1 is 1.00 bits per heavy atom. The molecule has 0 aliphatic carbocycles. The molecule has 2 aliphatic rings. The normalized spacial score (nSPS) is 20.4. The monoisotopic (exact) mass is 441 g/mol. The van der Waals surface area contributed by atoms with E-state index < -0.39 is 0 Å². The minimum atomic E-state index is -0.122. The Morgan fingerprint density at radius 3 is 2.45 bits per heavy atom. The van der Waals surface area contributed by atoms with Gasteiger partial charge in [0.15, 0.2) is 0 Å². The van der Waals surface area contributed by atoms with E-state index in [9.17, 15) is 4.79 Å². The molecule has 170 valence electrons. The number of fused-ring (bicyclic) bond motifs is 3. The van der Waals surface area contributed by atoms with Crippen molar-refractivity contribution in [2.24, 2.45) is 5.92 Å². The first-order valence-electron chi connectivity index (χ1n) is 11.7. The van der Waals surface area contributed by atoms with Gasteiger partial charge in [-0.1, -0.05) is 54.6 Å². The molecule has 0 radical (unpaired) electrons. The number of piperazine rings is 1. The molecule has 0 saturated carbocycles. The smallest absolute Gasteiger partial charge is 0.226 e. The van der Waals surface area contributed by atoms with E-state index in [0.29, 0.717) is 0 Å². The number of ether oxygens (including phenoxy) is 1. The van der Waals surface area contributed by atoms with Crippen LogP contribution >= 0.6 is 0 Å². The van der Waals surface area contributed by atoms with E-state index in [2.05, 4.69) is 70.6 Å². The zero-order valence-electron chi connectivity index (χ0n) is 19.3. The first kappa shape index (κ1) is 21.4. The second-order valence-corrected chi connectivity index (χ2v) is 8.99. The predicted molar refractivity (Wildman–Crippen MR) is 133 cm³/mol. The zero-order valence-corrected chi connectivity index (χ0v) is 19.3. The van der Waals surface area contributed by atoms with Gasteiger partial charge in [-0.05, 0) is 42.7 Å². The summed E-state index contributed by atoms with van der Waals surface area (Å²) in [7, 11) is 1.70. The Bertz CT molecular complexity index is 1100. The predicted octanol–water partition coefficient (Wildman–Crippen LogP) is 4.44. The van der Waals surface area contributed by atoms with Gasteiger partial charge < -0.3 is 19.9 Å². The summed E-state index contributed by atoms with van der Waals surface area (Å²) in [5, 5.41) is 3.30. The summed E-state index contributed by atoms with van der Waals surface area (Å²) in [6.45, 7) is 4.67. The van der Waals surface area contributed by atoms with E-state index in [4.69, 9.17) is 4.74 Å². The number of para-hydroxylation sites is 1. The maximum Gasteiger partial charge on any atom is 0.226 e. The molecule has 0 aromatic heterocycles. The van der Waals surface area contributed by atoms with Gasteiger partial charge in [-0.2, -0.15) is 0 Å². The van der Waals surface area contributed by atoms with Crippen molar-refractivity contribution in [3.05, 3.63) is 90.0 Å². The highest BCUT2D eigenvalue weighted by atomic mass is 16.5. The van der Waals surface area contributed by atoms with Crippen molar-refractivity contribution < 1.29 is 9.53 Å². The quantitative estimate of drug-likeness (QED) is 0.636. The average Bonchev–Trinajstić information content (AvgIpc) is 2.88. The topological polar surface area (TPSA) is 44.8 Å². The molecule has 2 aliphatic heterocycles. The maximum atomic E-state index is 13.6. The molecule has 2 heterocycles. The number of methoxy groups -OCH3 is 1. The Labute approximate surface area is 196 Å². The van der Waals surface area contributed by atoms with Gasteiger partial charge in [0.1, 0.15) is 5.75 Å². The van der Waals surface area contributed by atoms with Crippen LogP contribution in [0.5, 0.6) is 5.75 Å². The zero-order chi connectivity index (χ0) is 22.8. The van der Waals surface area contributed by atoms with Crippen LogP contribution in [0.3, 0.4) is 0 Å². The Kier molecular flexibility index (Phi) is 5.95. The van der Waals surface area contributed by atoms with Gasteiger partial charge in [-0.3, -0.25) is 4.79 Å². The van der Waals surface area contributed by atoms with Crippen molar-refractivity contribution in [2.75, 3.05) is 36.5 Å². The molecule has 5 heteroatoms. The van der Waals surface area contributed by atoms with E-state index in [1.54, 1.807) is 7.11 Å². The number of hydrogen-bond acceptors (Lipinski definition) is 4. The van der Waals surface area contributed by atoms with Crippen LogP contribution in [-0.2, 0) is 11.2 Å². The van der Waals surface area contributed by atoms with E-state index >= 15 is 0 Å². The summed E-state index contributed by atoms with van der Waals surface area (Å²) in [5.41, 5.74) is 4.75. The lowest BCUT2D eigenvalue weighted by Crippen LogP contribution is -2.61. The van der Waals surface area contributed by atoms with Gasteiger partial charge in [0, 0.05) is 37.1 Å². The van der Waals surface area contributed by atoms with Gasteiger partial charge in [-0.25, -0.2) is 0 Å². The van der Waals surface area contributed by atoms with E-state index in [1.807, 2.05) is 30.3 Å². The number of amides is 1. The van der Waals surface area contributed by atoms with Crippen LogP contribution in [0.1, 0.15) is 24.1 Å². The fraction of sp³-hybridized carbons (Fsp3) is 0.321. The van der Waals surface area contributed by atoms with Crippen molar-refractivity contribution in [3.8, 4) is 5.75 Å². The number of hydrogen-bond donors (Lipinski definition) is 1. The van der Waals surface area contributed by atoms with Crippen LogP contribution in [0.15, 0.2) is 78.9 Å². The lowest BCUT2D eigenvalue weighted by atomic mass is 9.83. The summed E-state index contributed by atoms with van der Waals surface area (Å²) in [6.07, 6.45) is 0.733. The second-order valence-electron chi connectivity index (χ2n) is 8.99. The molecule has 1 N–H and O–H groups in total. The van der Waals surface area contributed by atoms with Crippen LogP contribution in [0.25, 0.3) is 0 Å². The Hall–Kier alpha value is -3.47. The maximum absolute atomic E-state index is 13.6. The SMILES string of the molecule is COc1ccc2c(c1)N1CCN(c3ccccc3)C[C@@H]1[C@@H](C(=O)N[C@H](C)c1ccccc1)C2. The molecule has 3 aromatic rings. The van der Waals surface area contributed by atoms with E-state index in [0.717, 1.165) is 37.4 Å². The number of nitrogens with zero attached hydrogens (tertiary/aromatic N) is 2. The summed E-state index contributed by atoms with van der Waals surface area (Å²) < 4.78 is 5.51. The van der Waals surface area contributed by atoms with Crippen LogP contribution in [0, 0.1) is 5.92 Å². The van der Waals surface area contributed by atoms with Gasteiger partial charge >= 0.3 is 0 Å². The highest BCUT2D eigenvalue weighted by Gasteiger charge is 2.42. The molecular weight excluding hydrogens is 410 g/mol. The summed E-state index contributed by atoms with van der Waals surface area (Å²) in [6, 6.07) is 27.0. The highest BCUT2D eigenvalue weighted by molar-refractivity contribution is 5.83. The fourth-order valence-electron chi connectivity index (χ4n) is 5.22. The molecule has 1 amide bonds. The lowest BCUT2D eigenvalue weighted by Gasteiger charge is -2.49. The molecule has 0 bridgehead atoms. The van der Waals surface area contributed by atoms with E-state index in [1.165, 1.54) is 16.9 Å². The first-order valence-corrected chi connectivity index (χ1v) is 11.7. The van der Waals surface area contributed by atoms with Crippen LogP contribution in [0.4, 0.5) is 11.4 Å². The standard InChI is InChI=1S/C28H31N3O2/c1-20(21-9-5-3-6-10-21)29-28(32)25-17-22-13-14-24(33-2)18-26(22)31-16-15-30(19-27(25)31)23-11-7-4-8-12-23/h3-14,18,20,25,27H,15-17,19H2,1-2H3,(H,29,32)/t20-,25+,27-/m1/s1. The van der Waals surface area contributed by atoms with Crippen molar-refractivity contribution in [1.29, 1.82) is 0 Å². The Morgan fingerprint density at radius 2 is 1.73 bits per heavy atom. The van der Waals surface area contributed by atoms with Crippen molar-refractivity contribution in [2.45, 2.75) is 25.4 Å². The molecule has 5 nitrogen and oxygen atoms in total. The van der Waals surface area contributed by atoms with Crippen LogP contribution in [-0.4, -0.2) is 38.7 Å². The summed E-state index contributed by atoms with van der Waals surface area (Å²) in [4.78, 5) is 18.5. The summed E-state index contributed by atoms with van der Waals surface area (Å²) >= 11 is 0. The van der Waals surface area contributed by atoms with Crippen LogP contribution in [0.2, 0.25) is 0 Å². The second kappa shape index (κ2) is 9.18. The van der Waals surface area contributed by atoms with E-state index in [-0.39, 0.29) is 23.9 Å². The third kappa shape index (κ3) is 4.28. The molecular formula is C28H31N3O2. The van der Waals surface area contributed by atoms with Gasteiger partial charge in [0.25, 0.3) is 0 Å². The lowest BCUT2D eigenvalue weighted by molar-refractivity contribution is -0.126. The molecule has 0 spiro atoms. The number of carbonyl (C=O) groups is 1. The largest absolute Gasteiger partial charge is 0.497 e. The molecule has 0 unspecified atom stereocenters. The minimum Gasteiger partial charge on any atom is -0.497 e. The molecule has 1 saturated heterocycles. The molecule has 33 heavy (non-hydrogen) atoms. The molecule has 3 aromatic carbocycles. The van der Waals surface area contributed by atoms with Gasteiger partial charge in [0.05, 0.1) is 25.1 Å². The highest BCUT2D eigenvalue weighted by Crippen LogP contribution is 2.39.